The molecule has 84 valence electrons. The number of rotatable bonds is 1. The van der Waals surface area contributed by atoms with Gasteiger partial charge in [-0.05, 0) is 17.5 Å². The number of hydrogen-bond acceptors (Lipinski definition) is 2. The van der Waals surface area contributed by atoms with Crippen LogP contribution in [0.15, 0.2) is 24.3 Å². The maximum absolute atomic E-state index is 10.6. The molecule has 1 aliphatic heterocycles. The topological polar surface area (TPSA) is 61.4 Å². The van der Waals surface area contributed by atoms with Crippen molar-refractivity contribution in [2.75, 3.05) is 0 Å². The zero-order chi connectivity index (χ0) is 11.5. The average Bonchev–Trinajstić information content (AvgIpc) is 2.39. The lowest BCUT2D eigenvalue weighted by Gasteiger charge is -2.15. The minimum absolute atomic E-state index is 0.337. The fraction of sp³-hybridized carbons (Fsp3) is 0.273. The molecular formula is C11H12N2O2S. The second-order valence-electron chi connectivity index (χ2n) is 3.69. The molecule has 1 amide bonds. The smallest absolute Gasteiger partial charge is 0.405 e. The van der Waals surface area contributed by atoms with Gasteiger partial charge in [0.2, 0.25) is 0 Å². The number of carbonyl (C=O) groups is 1. The summed E-state index contributed by atoms with van der Waals surface area (Å²) >= 11 is 5.14. The molecule has 5 heteroatoms. The van der Waals surface area contributed by atoms with Gasteiger partial charge in [0.15, 0.2) is 0 Å². The Kier molecular flexibility index (Phi) is 3.05. The van der Waals surface area contributed by atoms with E-state index in [-0.39, 0.29) is 6.04 Å². The highest BCUT2D eigenvalue weighted by molar-refractivity contribution is 7.80. The van der Waals surface area contributed by atoms with Crippen molar-refractivity contribution in [1.29, 1.82) is 0 Å². The molecule has 0 bridgehead atoms. The summed E-state index contributed by atoms with van der Waals surface area (Å²) in [6, 6.07) is 7.60. The Morgan fingerprint density at radius 3 is 2.81 bits per heavy atom. The van der Waals surface area contributed by atoms with E-state index in [9.17, 15) is 4.79 Å². The lowest BCUT2D eigenvalue weighted by molar-refractivity contribution is 0.192. The van der Waals surface area contributed by atoms with E-state index in [4.69, 9.17) is 17.3 Å². The monoisotopic (exact) mass is 236 g/mol. The van der Waals surface area contributed by atoms with Crippen LogP contribution in [-0.4, -0.2) is 22.2 Å². The summed E-state index contributed by atoms with van der Waals surface area (Å²) in [6.07, 6.45) is -0.442. The summed E-state index contributed by atoms with van der Waals surface area (Å²) in [5.74, 6) is 0. The standard InChI is InChI=1S/C11H12N2O2S/c14-11(15)13-9-5-7-3-1-2-4-8(7)6-12-10(9)16/h1-4,9,13H,5-6H2,(H,12,16)(H,14,15)/t9-/m0/s1. The van der Waals surface area contributed by atoms with Crippen LogP contribution in [0.25, 0.3) is 0 Å². The van der Waals surface area contributed by atoms with Crippen molar-refractivity contribution in [1.82, 2.24) is 10.6 Å². The lowest BCUT2D eigenvalue weighted by atomic mass is 10.0. The minimum atomic E-state index is -1.05. The molecule has 1 aromatic carbocycles. The zero-order valence-electron chi connectivity index (χ0n) is 8.56. The molecule has 3 N–H and O–H groups in total. The van der Waals surface area contributed by atoms with E-state index < -0.39 is 6.09 Å². The first kappa shape index (κ1) is 10.9. The molecule has 0 fully saturated rings. The molecule has 0 radical (unpaired) electrons. The van der Waals surface area contributed by atoms with E-state index >= 15 is 0 Å². The Morgan fingerprint density at radius 2 is 2.12 bits per heavy atom. The third-order valence-electron chi connectivity index (χ3n) is 2.61. The molecule has 1 heterocycles. The van der Waals surface area contributed by atoms with Crippen LogP contribution in [0.4, 0.5) is 4.79 Å². The molecule has 4 nitrogen and oxygen atoms in total. The van der Waals surface area contributed by atoms with Crippen LogP contribution in [-0.2, 0) is 13.0 Å². The zero-order valence-corrected chi connectivity index (χ0v) is 9.38. The van der Waals surface area contributed by atoms with Gasteiger partial charge in [0, 0.05) is 6.54 Å². The number of hydrogen-bond donors (Lipinski definition) is 3. The van der Waals surface area contributed by atoms with E-state index in [1.54, 1.807) is 0 Å². The van der Waals surface area contributed by atoms with Gasteiger partial charge in [0.05, 0.1) is 11.0 Å². The predicted octanol–water partition coefficient (Wildman–Crippen LogP) is 1.30. The normalized spacial score (nSPS) is 19.2. The summed E-state index contributed by atoms with van der Waals surface area (Å²) < 4.78 is 0. The van der Waals surface area contributed by atoms with Gasteiger partial charge in [-0.2, -0.15) is 0 Å². The highest BCUT2D eigenvalue weighted by atomic mass is 32.1. The van der Waals surface area contributed by atoms with Crippen LogP contribution in [0.2, 0.25) is 0 Å². The SMILES string of the molecule is O=C(O)N[C@H]1Cc2ccccc2CNC1=S. The molecule has 2 rings (SSSR count). The highest BCUT2D eigenvalue weighted by Crippen LogP contribution is 2.15. The summed E-state index contributed by atoms with van der Waals surface area (Å²) in [7, 11) is 0. The van der Waals surface area contributed by atoms with E-state index in [1.165, 1.54) is 5.56 Å². The molecule has 1 aromatic rings. The molecule has 0 unspecified atom stereocenters. The van der Waals surface area contributed by atoms with Crippen LogP contribution in [0, 0.1) is 0 Å². The number of nitrogens with one attached hydrogen (secondary N) is 2. The van der Waals surface area contributed by atoms with Gasteiger partial charge in [-0.25, -0.2) is 4.79 Å². The second-order valence-corrected chi connectivity index (χ2v) is 4.13. The summed E-state index contributed by atoms with van der Waals surface area (Å²) in [5.41, 5.74) is 2.30. The summed E-state index contributed by atoms with van der Waals surface area (Å²) in [4.78, 5) is 11.2. The first-order valence-corrected chi connectivity index (χ1v) is 5.41. The fourth-order valence-electron chi connectivity index (χ4n) is 1.81. The van der Waals surface area contributed by atoms with Crippen LogP contribution in [0.3, 0.4) is 0 Å². The second kappa shape index (κ2) is 4.49. The maximum atomic E-state index is 10.6. The van der Waals surface area contributed by atoms with Gasteiger partial charge >= 0.3 is 6.09 Å². The molecule has 1 aliphatic rings. The minimum Gasteiger partial charge on any atom is -0.465 e. The van der Waals surface area contributed by atoms with Crippen molar-refractivity contribution >= 4 is 23.3 Å². The number of benzene rings is 1. The molecule has 16 heavy (non-hydrogen) atoms. The number of amides is 1. The number of carboxylic acid groups (broad SMARTS) is 1. The van der Waals surface area contributed by atoms with Crippen molar-refractivity contribution in [2.24, 2.45) is 0 Å². The van der Waals surface area contributed by atoms with Crippen molar-refractivity contribution < 1.29 is 9.90 Å². The van der Waals surface area contributed by atoms with Gasteiger partial charge in [0.1, 0.15) is 0 Å². The molecule has 0 saturated heterocycles. The highest BCUT2D eigenvalue weighted by Gasteiger charge is 2.21. The predicted molar refractivity (Wildman–Crippen MR) is 64.5 cm³/mol. The quantitative estimate of drug-likeness (QED) is 0.643. The Labute approximate surface area is 98.7 Å². The van der Waals surface area contributed by atoms with Crippen LogP contribution in [0.1, 0.15) is 11.1 Å². The van der Waals surface area contributed by atoms with E-state index in [1.807, 2.05) is 24.3 Å². The first-order valence-electron chi connectivity index (χ1n) is 5.01. The molecule has 0 aliphatic carbocycles. The largest absolute Gasteiger partial charge is 0.465 e. The average molecular weight is 236 g/mol. The van der Waals surface area contributed by atoms with E-state index in [0.717, 1.165) is 5.56 Å². The van der Waals surface area contributed by atoms with Crippen molar-refractivity contribution in [3.05, 3.63) is 35.4 Å². The fourth-order valence-corrected chi connectivity index (χ4v) is 2.03. The van der Waals surface area contributed by atoms with Gasteiger partial charge in [-0.3, -0.25) is 0 Å². The van der Waals surface area contributed by atoms with Crippen molar-refractivity contribution in [3.8, 4) is 0 Å². The molecule has 1 atom stereocenters. The molecule has 0 spiro atoms. The van der Waals surface area contributed by atoms with Gasteiger partial charge in [0.25, 0.3) is 0 Å². The van der Waals surface area contributed by atoms with E-state index in [0.29, 0.717) is 18.0 Å². The summed E-state index contributed by atoms with van der Waals surface area (Å²) in [6.45, 7) is 0.660. The Bertz CT molecular complexity index is 434. The molecular weight excluding hydrogens is 224 g/mol. The third-order valence-corrected chi connectivity index (χ3v) is 3.04. The lowest BCUT2D eigenvalue weighted by Crippen LogP contribution is -2.44. The number of thiocarbonyl (C=S) groups is 1. The van der Waals surface area contributed by atoms with Gasteiger partial charge in [-0.1, -0.05) is 36.5 Å². The number of fused-ring (bicyclic) bond motifs is 1. The summed E-state index contributed by atoms with van der Waals surface area (Å²) in [5, 5.41) is 14.2. The van der Waals surface area contributed by atoms with Crippen molar-refractivity contribution in [2.45, 2.75) is 19.0 Å². The molecule has 0 saturated carbocycles. The van der Waals surface area contributed by atoms with Crippen LogP contribution < -0.4 is 10.6 Å². The van der Waals surface area contributed by atoms with E-state index in [2.05, 4.69) is 10.6 Å². The molecule has 0 aromatic heterocycles. The van der Waals surface area contributed by atoms with Crippen LogP contribution in [0.5, 0.6) is 0 Å². The Morgan fingerprint density at radius 1 is 1.44 bits per heavy atom. The first-order chi connectivity index (χ1) is 7.66. The van der Waals surface area contributed by atoms with Gasteiger partial charge in [-0.15, -0.1) is 0 Å². The van der Waals surface area contributed by atoms with Crippen molar-refractivity contribution in [3.63, 3.8) is 0 Å². The Hall–Kier alpha value is -1.62. The maximum Gasteiger partial charge on any atom is 0.405 e. The van der Waals surface area contributed by atoms with Crippen LogP contribution >= 0.6 is 12.2 Å². The Balaban J connectivity index is 2.24. The third kappa shape index (κ3) is 2.30. The van der Waals surface area contributed by atoms with Gasteiger partial charge < -0.3 is 15.7 Å².